The molecule has 5 heteroatoms. The number of ether oxygens (including phenoxy) is 3. The molecular weight excluding hydrogens is 280 g/mol. The molecule has 0 amide bonds. The van der Waals surface area contributed by atoms with Crippen molar-refractivity contribution in [1.29, 1.82) is 5.26 Å². The van der Waals surface area contributed by atoms with Crippen LogP contribution in [0.3, 0.4) is 0 Å². The quantitative estimate of drug-likeness (QED) is 0.460. The Morgan fingerprint density at radius 1 is 1.00 bits per heavy atom. The standard InChI is InChI=1S/C17H22N2O3/c1-3-9-20-15-12-16(21-10-5-4-7-18)14-17(13-15)22-11-6-8-19-2/h12-14H,3-6,8-11H2,1H3. The molecule has 0 aliphatic rings. The van der Waals surface area contributed by atoms with Crippen LogP contribution in [-0.4, -0.2) is 26.4 Å². The minimum atomic E-state index is 0.462. The summed E-state index contributed by atoms with van der Waals surface area (Å²) < 4.78 is 16.9. The second-order valence-corrected chi connectivity index (χ2v) is 4.68. The molecule has 0 heterocycles. The molecule has 0 aromatic heterocycles. The minimum Gasteiger partial charge on any atom is -0.493 e. The van der Waals surface area contributed by atoms with Gasteiger partial charge < -0.3 is 19.1 Å². The van der Waals surface area contributed by atoms with Crippen molar-refractivity contribution in [2.45, 2.75) is 32.6 Å². The predicted molar refractivity (Wildman–Crippen MR) is 84.2 cm³/mol. The average molecular weight is 302 g/mol. The van der Waals surface area contributed by atoms with Gasteiger partial charge in [-0.3, -0.25) is 0 Å². The molecule has 0 N–H and O–H groups in total. The van der Waals surface area contributed by atoms with E-state index in [4.69, 9.17) is 26.0 Å². The molecule has 0 atom stereocenters. The van der Waals surface area contributed by atoms with Crippen molar-refractivity contribution in [3.8, 4) is 23.3 Å². The van der Waals surface area contributed by atoms with Gasteiger partial charge in [-0.15, -0.1) is 0 Å². The summed E-state index contributed by atoms with van der Waals surface area (Å²) in [5.74, 6) is 2.06. The summed E-state index contributed by atoms with van der Waals surface area (Å²) in [6, 6.07) is 7.56. The zero-order chi connectivity index (χ0) is 16.0. The molecule has 0 radical (unpaired) electrons. The van der Waals surface area contributed by atoms with Gasteiger partial charge in [0.1, 0.15) is 17.2 Å². The smallest absolute Gasteiger partial charge is 0.217 e. The van der Waals surface area contributed by atoms with Crippen molar-refractivity contribution in [2.75, 3.05) is 26.4 Å². The maximum atomic E-state index is 8.52. The lowest BCUT2D eigenvalue weighted by Gasteiger charge is -2.12. The van der Waals surface area contributed by atoms with Gasteiger partial charge in [0.05, 0.1) is 32.3 Å². The van der Waals surface area contributed by atoms with Gasteiger partial charge in [0.25, 0.3) is 0 Å². The number of hydrogen-bond donors (Lipinski definition) is 0. The number of unbranched alkanes of at least 4 members (excludes halogenated alkanes) is 1. The van der Waals surface area contributed by atoms with E-state index in [0.717, 1.165) is 6.42 Å². The highest BCUT2D eigenvalue weighted by atomic mass is 16.5. The minimum absolute atomic E-state index is 0.462. The van der Waals surface area contributed by atoms with Crippen LogP contribution in [0.25, 0.3) is 4.85 Å². The van der Waals surface area contributed by atoms with Gasteiger partial charge in [-0.05, 0) is 12.8 Å². The van der Waals surface area contributed by atoms with E-state index in [-0.39, 0.29) is 0 Å². The van der Waals surface area contributed by atoms with Crippen molar-refractivity contribution >= 4 is 0 Å². The van der Waals surface area contributed by atoms with E-state index in [2.05, 4.69) is 10.9 Å². The van der Waals surface area contributed by atoms with Gasteiger partial charge in [0.2, 0.25) is 6.54 Å². The van der Waals surface area contributed by atoms with E-state index in [1.54, 1.807) is 0 Å². The van der Waals surface area contributed by atoms with Gasteiger partial charge in [-0.2, -0.15) is 5.26 Å². The molecule has 0 saturated carbocycles. The van der Waals surface area contributed by atoms with Gasteiger partial charge in [-0.1, -0.05) is 6.92 Å². The van der Waals surface area contributed by atoms with Crippen LogP contribution in [0.15, 0.2) is 18.2 Å². The van der Waals surface area contributed by atoms with Gasteiger partial charge in [0, 0.05) is 24.6 Å². The molecule has 0 saturated heterocycles. The molecule has 118 valence electrons. The predicted octanol–water partition coefficient (Wildman–Crippen LogP) is 3.85. The molecular formula is C17H22N2O3. The fourth-order valence-electron chi connectivity index (χ4n) is 1.69. The molecule has 5 nitrogen and oxygen atoms in total. The molecule has 22 heavy (non-hydrogen) atoms. The lowest BCUT2D eigenvalue weighted by atomic mass is 10.3. The second kappa shape index (κ2) is 11.3. The summed E-state index contributed by atoms with van der Waals surface area (Å²) in [4.78, 5) is 3.29. The third-order valence-corrected chi connectivity index (χ3v) is 2.71. The van der Waals surface area contributed by atoms with Gasteiger partial charge in [-0.25, -0.2) is 6.57 Å². The van der Waals surface area contributed by atoms with Crippen LogP contribution >= 0.6 is 0 Å². The Morgan fingerprint density at radius 2 is 1.55 bits per heavy atom. The Labute approximate surface area is 132 Å². The normalized spacial score (nSPS) is 9.59. The van der Waals surface area contributed by atoms with E-state index < -0.39 is 0 Å². The lowest BCUT2D eigenvalue weighted by molar-refractivity contribution is 0.285. The fourth-order valence-corrected chi connectivity index (χ4v) is 1.69. The summed E-state index contributed by atoms with van der Waals surface area (Å²) in [7, 11) is 0. The molecule has 1 aromatic rings. The molecule has 0 unspecified atom stereocenters. The summed E-state index contributed by atoms with van der Waals surface area (Å²) in [5.41, 5.74) is 0. The van der Waals surface area contributed by atoms with E-state index in [1.165, 1.54) is 0 Å². The van der Waals surface area contributed by atoms with E-state index in [0.29, 0.717) is 62.9 Å². The molecule has 0 aliphatic carbocycles. The topological polar surface area (TPSA) is 55.8 Å². The molecule has 0 spiro atoms. The first-order valence-electron chi connectivity index (χ1n) is 7.53. The molecule has 0 aliphatic heterocycles. The Kier molecular flexibility index (Phi) is 9.05. The monoisotopic (exact) mass is 302 g/mol. The molecule has 0 bridgehead atoms. The number of hydrogen-bond acceptors (Lipinski definition) is 4. The van der Waals surface area contributed by atoms with Crippen LogP contribution < -0.4 is 14.2 Å². The first kappa shape index (κ1) is 17.7. The van der Waals surface area contributed by atoms with Crippen LogP contribution in [0.1, 0.15) is 32.6 Å². The van der Waals surface area contributed by atoms with E-state index in [1.807, 2.05) is 25.1 Å². The van der Waals surface area contributed by atoms with Crippen molar-refractivity contribution in [3.63, 3.8) is 0 Å². The van der Waals surface area contributed by atoms with Crippen molar-refractivity contribution in [1.82, 2.24) is 0 Å². The van der Waals surface area contributed by atoms with Gasteiger partial charge in [0.15, 0.2) is 0 Å². The van der Waals surface area contributed by atoms with Gasteiger partial charge >= 0.3 is 0 Å². The molecule has 1 rings (SSSR count). The molecule has 0 fully saturated rings. The fraction of sp³-hybridized carbons (Fsp3) is 0.529. The van der Waals surface area contributed by atoms with Crippen LogP contribution in [0.4, 0.5) is 0 Å². The summed E-state index contributed by atoms with van der Waals surface area (Å²) in [6.07, 6.45) is 2.79. The van der Waals surface area contributed by atoms with Crippen molar-refractivity contribution < 1.29 is 14.2 Å². The number of nitrogens with zero attached hydrogens (tertiary/aromatic N) is 2. The largest absolute Gasteiger partial charge is 0.493 e. The SMILES string of the molecule is [C-]#[N+]CCCOc1cc(OCCC)cc(OCCCC#N)c1. The first-order valence-corrected chi connectivity index (χ1v) is 7.53. The maximum absolute atomic E-state index is 8.52. The van der Waals surface area contributed by atoms with Crippen LogP contribution in [0.2, 0.25) is 0 Å². The third kappa shape index (κ3) is 7.40. The van der Waals surface area contributed by atoms with Crippen LogP contribution in [0.5, 0.6) is 17.2 Å². The Bertz CT molecular complexity index is 477. The Morgan fingerprint density at radius 3 is 2.05 bits per heavy atom. The zero-order valence-electron chi connectivity index (χ0n) is 13.0. The highest BCUT2D eigenvalue weighted by Crippen LogP contribution is 2.28. The van der Waals surface area contributed by atoms with Crippen LogP contribution in [-0.2, 0) is 0 Å². The first-order chi connectivity index (χ1) is 10.8. The maximum Gasteiger partial charge on any atom is 0.217 e. The summed E-state index contributed by atoms with van der Waals surface area (Å²) in [5, 5.41) is 8.52. The van der Waals surface area contributed by atoms with E-state index in [9.17, 15) is 0 Å². The zero-order valence-corrected chi connectivity index (χ0v) is 13.0. The highest BCUT2D eigenvalue weighted by Gasteiger charge is 2.05. The number of nitriles is 1. The average Bonchev–Trinajstić information content (AvgIpc) is 2.54. The molecule has 1 aromatic carbocycles. The summed E-state index contributed by atoms with van der Waals surface area (Å²) in [6.45, 7) is 10.9. The van der Waals surface area contributed by atoms with Crippen molar-refractivity contribution in [3.05, 3.63) is 29.6 Å². The Balaban J connectivity index is 2.64. The third-order valence-electron chi connectivity index (χ3n) is 2.71. The highest BCUT2D eigenvalue weighted by molar-refractivity contribution is 5.42. The number of benzene rings is 1. The van der Waals surface area contributed by atoms with Crippen LogP contribution in [0, 0.1) is 17.9 Å². The number of rotatable bonds is 11. The second-order valence-electron chi connectivity index (χ2n) is 4.68. The lowest BCUT2D eigenvalue weighted by Crippen LogP contribution is -2.02. The summed E-state index contributed by atoms with van der Waals surface area (Å²) >= 11 is 0. The van der Waals surface area contributed by atoms with Crippen molar-refractivity contribution in [2.24, 2.45) is 0 Å². The van der Waals surface area contributed by atoms with E-state index >= 15 is 0 Å². The Hall–Kier alpha value is -2.40.